The van der Waals surface area contributed by atoms with Crippen LogP contribution in [-0.4, -0.2) is 0 Å². The molecule has 2 aromatic carbocycles. The Hall–Kier alpha value is -0.496. The molecule has 1 atom stereocenters. The van der Waals surface area contributed by atoms with Gasteiger partial charge in [-0.05, 0) is 0 Å². The molecule has 2 aliphatic carbocycles. The summed E-state index contributed by atoms with van der Waals surface area (Å²) < 4.78 is 1.47. The van der Waals surface area contributed by atoms with Crippen molar-refractivity contribution >= 4 is 9.44 Å². The second kappa shape index (κ2) is 8.26. The summed E-state index contributed by atoms with van der Waals surface area (Å²) >= 11 is 2.30. The Morgan fingerprint density at radius 1 is 0.917 bits per heavy atom. The molecule has 4 rings (SSSR count). The average molecular weight is 412 g/mol. The molecule has 0 radical (unpaired) electrons. The SMILES string of the molecule is CC1=C(c2ccc3c([c]2[Ti+3])Cc2ccccc2-3)C(C)C=C1.[Cl-].[Cl-].[Cl-]. The molecule has 0 amide bonds. The summed E-state index contributed by atoms with van der Waals surface area (Å²) in [6.45, 7) is 4.53. The van der Waals surface area contributed by atoms with Crippen LogP contribution in [0.25, 0.3) is 16.7 Å². The van der Waals surface area contributed by atoms with Gasteiger partial charge in [-0.1, -0.05) is 0 Å². The van der Waals surface area contributed by atoms with Crippen molar-refractivity contribution in [2.75, 3.05) is 0 Å². The largest absolute Gasteiger partial charge is 1.00 e. The molecule has 122 valence electrons. The summed E-state index contributed by atoms with van der Waals surface area (Å²) in [5, 5.41) is 0. The van der Waals surface area contributed by atoms with Crippen molar-refractivity contribution < 1.29 is 57.7 Å². The topological polar surface area (TPSA) is 0 Å². The first-order valence-electron chi connectivity index (χ1n) is 7.52. The molecule has 0 aromatic heterocycles. The van der Waals surface area contributed by atoms with E-state index >= 15 is 0 Å². The van der Waals surface area contributed by atoms with E-state index < -0.39 is 0 Å². The monoisotopic (exact) mass is 410 g/mol. The van der Waals surface area contributed by atoms with Gasteiger partial charge in [-0.3, -0.25) is 0 Å². The molecular formula is C20H17Cl3Ti. The van der Waals surface area contributed by atoms with Crippen molar-refractivity contribution in [3.05, 3.63) is 70.8 Å². The second-order valence-corrected chi connectivity index (χ2v) is 6.87. The zero-order valence-corrected chi connectivity index (χ0v) is 17.4. The molecule has 24 heavy (non-hydrogen) atoms. The number of hydrogen-bond donors (Lipinski definition) is 0. The van der Waals surface area contributed by atoms with Crippen molar-refractivity contribution in [1.82, 2.24) is 0 Å². The molecule has 0 heterocycles. The minimum Gasteiger partial charge on any atom is -1.00 e. The fraction of sp³-hybridized carbons (Fsp3) is 0.200. The molecule has 0 bridgehead atoms. The van der Waals surface area contributed by atoms with Crippen LogP contribution in [-0.2, 0) is 26.9 Å². The van der Waals surface area contributed by atoms with Crippen LogP contribution in [0.1, 0.15) is 30.5 Å². The third kappa shape index (κ3) is 3.28. The summed E-state index contributed by atoms with van der Waals surface area (Å²) in [5.74, 6) is 0.533. The molecule has 0 N–H and O–H groups in total. The van der Waals surface area contributed by atoms with Crippen molar-refractivity contribution in [3.8, 4) is 11.1 Å². The Morgan fingerprint density at radius 3 is 2.25 bits per heavy atom. The zero-order valence-electron chi connectivity index (χ0n) is 13.5. The van der Waals surface area contributed by atoms with Gasteiger partial charge in [0, 0.05) is 0 Å². The maximum absolute atomic E-state index is 2.33. The van der Waals surface area contributed by atoms with E-state index in [9.17, 15) is 0 Å². The molecule has 0 fully saturated rings. The Balaban J connectivity index is 0.000000960. The molecule has 0 nitrogen and oxygen atoms in total. The summed E-state index contributed by atoms with van der Waals surface area (Å²) in [6, 6.07) is 13.5. The van der Waals surface area contributed by atoms with E-state index in [0.717, 1.165) is 6.42 Å². The van der Waals surface area contributed by atoms with Gasteiger partial charge in [-0.2, -0.15) is 0 Å². The maximum Gasteiger partial charge on any atom is -1.00 e. The van der Waals surface area contributed by atoms with Crippen LogP contribution >= 0.6 is 0 Å². The predicted octanol–water partition coefficient (Wildman–Crippen LogP) is -4.58. The Bertz CT molecular complexity index is 822. The normalized spacial score (nSPS) is 16.8. The number of fused-ring (bicyclic) bond motifs is 3. The third-order valence-electron chi connectivity index (χ3n) is 4.79. The molecule has 0 spiro atoms. The summed E-state index contributed by atoms with van der Waals surface area (Å²) in [7, 11) is 0. The number of benzene rings is 2. The van der Waals surface area contributed by atoms with Crippen LogP contribution < -0.4 is 41.1 Å². The molecule has 2 aromatic rings. The third-order valence-corrected chi connectivity index (χ3v) is 5.68. The van der Waals surface area contributed by atoms with Crippen LogP contribution in [0.5, 0.6) is 0 Å². The van der Waals surface area contributed by atoms with Crippen molar-refractivity contribution in [3.63, 3.8) is 0 Å². The van der Waals surface area contributed by atoms with Gasteiger partial charge in [-0.25, -0.2) is 0 Å². The predicted molar refractivity (Wildman–Crippen MR) is 85.2 cm³/mol. The molecule has 0 saturated carbocycles. The Kier molecular flexibility index (Phi) is 7.41. The van der Waals surface area contributed by atoms with E-state index in [1.54, 1.807) is 0 Å². The van der Waals surface area contributed by atoms with Crippen LogP contribution in [0, 0.1) is 5.92 Å². The van der Waals surface area contributed by atoms with E-state index in [-0.39, 0.29) is 37.2 Å². The van der Waals surface area contributed by atoms with Gasteiger partial charge in [0.25, 0.3) is 0 Å². The van der Waals surface area contributed by atoms with Crippen molar-refractivity contribution in [2.24, 2.45) is 5.92 Å². The smallest absolute Gasteiger partial charge is 1.00 e. The van der Waals surface area contributed by atoms with Gasteiger partial charge in [0.15, 0.2) is 0 Å². The minimum atomic E-state index is 0. The molecule has 0 saturated heterocycles. The van der Waals surface area contributed by atoms with Crippen LogP contribution in [0.2, 0.25) is 0 Å². The molecule has 4 heteroatoms. The van der Waals surface area contributed by atoms with Gasteiger partial charge in [0.1, 0.15) is 0 Å². The quantitative estimate of drug-likeness (QED) is 0.354. The Morgan fingerprint density at radius 2 is 1.58 bits per heavy atom. The fourth-order valence-electron chi connectivity index (χ4n) is 3.73. The van der Waals surface area contributed by atoms with E-state index in [2.05, 4.69) is 82.8 Å². The van der Waals surface area contributed by atoms with E-state index in [1.165, 1.54) is 42.8 Å². The fourth-order valence-corrected chi connectivity index (χ4v) is 4.42. The van der Waals surface area contributed by atoms with Crippen LogP contribution in [0.3, 0.4) is 0 Å². The standard InChI is InChI=1S/C20H17.3ClH.Ti/c1-13-7-8-14(2)20(13)16-9-10-19-17(12-16)11-15-5-3-4-6-18(15)19;;;;/h3-10,13H,11H2,1-2H3;3*1H;/q;;;;+3/p-3. The average Bonchev–Trinajstić information content (AvgIpc) is 3.02. The van der Waals surface area contributed by atoms with Gasteiger partial charge in [0.05, 0.1) is 0 Å². The Labute approximate surface area is 174 Å². The molecular weight excluding hydrogens is 394 g/mol. The van der Waals surface area contributed by atoms with Crippen LogP contribution in [0.15, 0.2) is 54.1 Å². The summed E-state index contributed by atoms with van der Waals surface area (Å²) in [5.41, 5.74) is 10.2. The zero-order chi connectivity index (χ0) is 14.6. The minimum absolute atomic E-state index is 0. The number of halogens is 3. The van der Waals surface area contributed by atoms with Gasteiger partial charge >= 0.3 is 138 Å². The van der Waals surface area contributed by atoms with E-state index in [1.807, 2.05) is 0 Å². The van der Waals surface area contributed by atoms with Gasteiger partial charge in [0.2, 0.25) is 0 Å². The number of rotatable bonds is 1. The first-order chi connectivity index (χ1) is 10.2. The summed E-state index contributed by atoms with van der Waals surface area (Å²) in [4.78, 5) is 0. The second-order valence-electron chi connectivity index (χ2n) is 6.09. The summed E-state index contributed by atoms with van der Waals surface area (Å²) in [6.07, 6.45) is 5.66. The van der Waals surface area contributed by atoms with Crippen molar-refractivity contribution in [2.45, 2.75) is 20.3 Å². The van der Waals surface area contributed by atoms with E-state index in [4.69, 9.17) is 0 Å². The first-order valence-corrected chi connectivity index (χ1v) is 8.30. The molecule has 0 aliphatic heterocycles. The maximum atomic E-state index is 2.33. The number of allylic oxidation sites excluding steroid dienone is 4. The van der Waals surface area contributed by atoms with Crippen LogP contribution in [0.4, 0.5) is 0 Å². The van der Waals surface area contributed by atoms with Crippen molar-refractivity contribution in [1.29, 1.82) is 0 Å². The van der Waals surface area contributed by atoms with Gasteiger partial charge < -0.3 is 37.2 Å². The first kappa shape index (κ1) is 21.5. The molecule has 2 aliphatic rings. The van der Waals surface area contributed by atoms with E-state index in [0.29, 0.717) is 5.92 Å². The van der Waals surface area contributed by atoms with Gasteiger partial charge in [-0.15, -0.1) is 0 Å². The molecule has 1 unspecified atom stereocenters. The number of hydrogen-bond acceptors (Lipinski definition) is 0.